The third-order valence-corrected chi connectivity index (χ3v) is 5.54. The van der Waals surface area contributed by atoms with Crippen LogP contribution >= 0.6 is 12.4 Å². The van der Waals surface area contributed by atoms with Gasteiger partial charge < -0.3 is 16.0 Å². The topological polar surface area (TPSA) is 101 Å². The monoisotopic (exact) mass is 434 g/mol. The van der Waals surface area contributed by atoms with Crippen LogP contribution in [0.4, 0.5) is 5.69 Å². The van der Waals surface area contributed by atoms with Crippen molar-refractivity contribution in [2.24, 2.45) is 0 Å². The fourth-order valence-electron chi connectivity index (χ4n) is 3.31. The van der Waals surface area contributed by atoms with Crippen molar-refractivity contribution in [2.75, 3.05) is 18.4 Å². The smallest absolute Gasteiger partial charge is 0.278 e. The van der Waals surface area contributed by atoms with E-state index in [1.807, 2.05) is 32.4 Å². The second kappa shape index (κ2) is 10.0. The largest absolute Gasteiger partial charge is 0.347 e. The molecule has 3 rings (SSSR count). The van der Waals surface area contributed by atoms with Gasteiger partial charge in [-0.2, -0.15) is 0 Å². The molecule has 1 aromatic carbocycles. The van der Waals surface area contributed by atoms with Gasteiger partial charge in [-0.05, 0) is 77.4 Å². The summed E-state index contributed by atoms with van der Waals surface area (Å²) < 4.78 is 1.86. The number of hydrogen-bond donors (Lipinski definition) is 3. The third kappa shape index (κ3) is 5.58. The van der Waals surface area contributed by atoms with Crippen molar-refractivity contribution in [3.8, 4) is 0 Å². The van der Waals surface area contributed by atoms with Gasteiger partial charge in [0, 0.05) is 16.8 Å². The first-order valence-electron chi connectivity index (χ1n) is 10.2. The van der Waals surface area contributed by atoms with Gasteiger partial charge in [-0.25, -0.2) is 4.68 Å². The van der Waals surface area contributed by atoms with E-state index in [9.17, 15) is 9.59 Å². The average molecular weight is 435 g/mol. The first-order chi connectivity index (χ1) is 13.8. The van der Waals surface area contributed by atoms with Gasteiger partial charge in [0.25, 0.3) is 11.8 Å². The zero-order valence-electron chi connectivity index (χ0n) is 18.0. The molecule has 2 aromatic rings. The summed E-state index contributed by atoms with van der Waals surface area (Å²) in [6.45, 7) is 9.77. The molecule has 0 bridgehead atoms. The lowest BCUT2D eigenvalue weighted by Gasteiger charge is -2.24. The summed E-state index contributed by atoms with van der Waals surface area (Å²) in [5.74, 6) is -0.428. The second-order valence-corrected chi connectivity index (χ2v) is 8.17. The Hall–Kier alpha value is -2.45. The third-order valence-electron chi connectivity index (χ3n) is 5.54. The zero-order chi connectivity index (χ0) is 21.0. The van der Waals surface area contributed by atoms with Crippen LogP contribution in [0.15, 0.2) is 24.3 Å². The van der Waals surface area contributed by atoms with E-state index in [0.717, 1.165) is 38.0 Å². The quantitative estimate of drug-likeness (QED) is 0.648. The highest BCUT2D eigenvalue weighted by Gasteiger charge is 2.23. The summed E-state index contributed by atoms with van der Waals surface area (Å²) in [6.07, 6.45) is 2.79. The standard InChI is InChI=1S/C21H30N6O2.ClH/c1-5-21(3,4)24-19(28)15-6-8-16(9-7-15)23-20(29)18-14(2)27(26-25-18)17-10-12-22-13-11-17;/h6-9,17,22H,5,10-13H2,1-4H3,(H,23,29)(H,24,28);1H. The van der Waals surface area contributed by atoms with Gasteiger partial charge in [0.2, 0.25) is 0 Å². The van der Waals surface area contributed by atoms with Crippen molar-refractivity contribution in [1.82, 2.24) is 25.6 Å². The van der Waals surface area contributed by atoms with Crippen LogP contribution < -0.4 is 16.0 Å². The molecule has 1 aliphatic rings. The Labute approximate surface area is 183 Å². The number of hydrogen-bond acceptors (Lipinski definition) is 5. The van der Waals surface area contributed by atoms with Gasteiger partial charge >= 0.3 is 0 Å². The Balaban J connectivity index is 0.00000320. The van der Waals surface area contributed by atoms with Crippen LogP contribution in [0.3, 0.4) is 0 Å². The van der Waals surface area contributed by atoms with Gasteiger partial charge in [-0.15, -0.1) is 17.5 Å². The minimum absolute atomic E-state index is 0. The van der Waals surface area contributed by atoms with Crippen LogP contribution in [0.1, 0.15) is 72.6 Å². The number of amides is 2. The lowest BCUT2D eigenvalue weighted by molar-refractivity contribution is 0.0910. The number of aromatic nitrogens is 3. The van der Waals surface area contributed by atoms with E-state index in [0.29, 0.717) is 16.9 Å². The Morgan fingerprint density at radius 2 is 1.80 bits per heavy atom. The lowest BCUT2D eigenvalue weighted by Crippen LogP contribution is -2.42. The van der Waals surface area contributed by atoms with Crippen molar-refractivity contribution in [3.05, 3.63) is 41.2 Å². The minimum atomic E-state index is -0.299. The molecule has 0 saturated carbocycles. The first-order valence-corrected chi connectivity index (χ1v) is 10.2. The molecule has 9 heteroatoms. The van der Waals surface area contributed by atoms with Crippen LogP contribution in [0.5, 0.6) is 0 Å². The van der Waals surface area contributed by atoms with Crippen LogP contribution in [0.25, 0.3) is 0 Å². The molecule has 2 heterocycles. The van der Waals surface area contributed by atoms with Crippen molar-refractivity contribution < 1.29 is 9.59 Å². The Bertz CT molecular complexity index is 872. The van der Waals surface area contributed by atoms with Gasteiger partial charge in [-0.1, -0.05) is 12.1 Å². The molecule has 0 aliphatic carbocycles. The average Bonchev–Trinajstić information content (AvgIpc) is 3.10. The molecule has 164 valence electrons. The molecular formula is C21H31ClN6O2. The van der Waals surface area contributed by atoms with Crippen molar-refractivity contribution in [1.29, 1.82) is 0 Å². The number of benzene rings is 1. The number of halogens is 1. The fraction of sp³-hybridized carbons (Fsp3) is 0.524. The van der Waals surface area contributed by atoms with Crippen molar-refractivity contribution >= 4 is 29.9 Å². The number of carbonyl (C=O) groups excluding carboxylic acids is 2. The highest BCUT2D eigenvalue weighted by Crippen LogP contribution is 2.21. The summed E-state index contributed by atoms with van der Waals surface area (Å²) >= 11 is 0. The van der Waals surface area contributed by atoms with Crippen LogP contribution in [0, 0.1) is 6.92 Å². The van der Waals surface area contributed by atoms with E-state index in [4.69, 9.17) is 0 Å². The van der Waals surface area contributed by atoms with Crippen LogP contribution in [-0.2, 0) is 0 Å². The summed E-state index contributed by atoms with van der Waals surface area (Å²) in [7, 11) is 0. The summed E-state index contributed by atoms with van der Waals surface area (Å²) in [4.78, 5) is 25.0. The Morgan fingerprint density at radius 1 is 1.17 bits per heavy atom. The number of nitrogens with one attached hydrogen (secondary N) is 3. The molecule has 8 nitrogen and oxygen atoms in total. The molecule has 0 spiro atoms. The lowest BCUT2D eigenvalue weighted by atomic mass is 10.0. The van der Waals surface area contributed by atoms with Gasteiger partial charge in [0.05, 0.1) is 11.7 Å². The number of piperidine rings is 1. The van der Waals surface area contributed by atoms with E-state index >= 15 is 0 Å². The molecule has 1 aromatic heterocycles. The number of rotatable bonds is 6. The number of nitrogens with zero attached hydrogens (tertiary/aromatic N) is 3. The molecule has 0 radical (unpaired) electrons. The predicted molar refractivity (Wildman–Crippen MR) is 119 cm³/mol. The van der Waals surface area contributed by atoms with Crippen molar-refractivity contribution in [3.63, 3.8) is 0 Å². The summed E-state index contributed by atoms with van der Waals surface area (Å²) in [6, 6.07) is 7.12. The van der Waals surface area contributed by atoms with E-state index in [1.54, 1.807) is 24.3 Å². The maximum atomic E-state index is 12.7. The highest BCUT2D eigenvalue weighted by atomic mass is 35.5. The van der Waals surface area contributed by atoms with E-state index in [1.165, 1.54) is 0 Å². The molecule has 0 unspecified atom stereocenters. The fourth-order valence-corrected chi connectivity index (χ4v) is 3.31. The predicted octanol–water partition coefficient (Wildman–Crippen LogP) is 3.10. The molecule has 0 atom stereocenters. The van der Waals surface area contributed by atoms with Crippen LogP contribution in [-0.4, -0.2) is 45.4 Å². The Kier molecular flexibility index (Phi) is 7.97. The molecule has 1 aliphatic heterocycles. The maximum absolute atomic E-state index is 12.7. The van der Waals surface area contributed by atoms with Gasteiger partial charge in [0.15, 0.2) is 5.69 Å². The van der Waals surface area contributed by atoms with Crippen molar-refractivity contribution in [2.45, 2.75) is 58.5 Å². The van der Waals surface area contributed by atoms with Gasteiger partial charge in [0.1, 0.15) is 0 Å². The molecule has 30 heavy (non-hydrogen) atoms. The van der Waals surface area contributed by atoms with E-state index in [2.05, 4.69) is 26.3 Å². The van der Waals surface area contributed by atoms with Gasteiger partial charge in [-0.3, -0.25) is 9.59 Å². The van der Waals surface area contributed by atoms with E-state index in [-0.39, 0.29) is 35.8 Å². The normalized spacial score (nSPS) is 14.7. The zero-order valence-corrected chi connectivity index (χ0v) is 18.8. The number of carbonyl (C=O) groups is 2. The second-order valence-electron chi connectivity index (χ2n) is 8.17. The summed E-state index contributed by atoms with van der Waals surface area (Å²) in [5, 5.41) is 17.5. The summed E-state index contributed by atoms with van der Waals surface area (Å²) in [5.41, 5.74) is 2.00. The van der Waals surface area contributed by atoms with E-state index < -0.39 is 0 Å². The molecule has 1 saturated heterocycles. The minimum Gasteiger partial charge on any atom is -0.347 e. The molecule has 1 fully saturated rings. The molecule has 2 amide bonds. The Morgan fingerprint density at radius 3 is 2.40 bits per heavy atom. The SMILES string of the molecule is CCC(C)(C)NC(=O)c1ccc(NC(=O)c2nnn(C3CCNCC3)c2C)cc1.Cl. The number of anilines is 1. The maximum Gasteiger partial charge on any atom is 0.278 e. The first kappa shape index (κ1) is 23.8. The molecular weight excluding hydrogens is 404 g/mol. The molecule has 3 N–H and O–H groups in total. The van der Waals surface area contributed by atoms with Crippen LogP contribution in [0.2, 0.25) is 0 Å². The highest BCUT2D eigenvalue weighted by molar-refractivity contribution is 6.04.